The van der Waals surface area contributed by atoms with Gasteiger partial charge in [0.1, 0.15) is 0 Å². The maximum atomic E-state index is 12.3. The molecule has 130 valence electrons. The molecule has 0 radical (unpaired) electrons. The Morgan fingerprint density at radius 3 is 2.84 bits per heavy atom. The van der Waals surface area contributed by atoms with Gasteiger partial charge in [-0.25, -0.2) is 9.78 Å². The third-order valence-electron chi connectivity index (χ3n) is 3.60. The van der Waals surface area contributed by atoms with Crippen LogP contribution in [0, 0.1) is 0 Å². The highest BCUT2D eigenvalue weighted by Gasteiger charge is 2.17. The molecule has 3 rings (SSSR count). The fourth-order valence-corrected chi connectivity index (χ4v) is 4.10. The summed E-state index contributed by atoms with van der Waals surface area (Å²) in [5.74, 6) is -0.752. The predicted molar refractivity (Wildman–Crippen MR) is 100 cm³/mol. The Hall–Kier alpha value is -1.96. The number of thiophene rings is 1. The number of nitrogens with zero attached hydrogens (tertiary/aromatic N) is 2. The van der Waals surface area contributed by atoms with Crippen LogP contribution in [-0.4, -0.2) is 34.9 Å². The molecule has 0 aliphatic carbocycles. The zero-order valence-electron chi connectivity index (χ0n) is 13.4. The topological polar surface area (TPSA) is 59.5 Å². The van der Waals surface area contributed by atoms with Crippen molar-refractivity contribution in [3.05, 3.63) is 50.6 Å². The zero-order valence-corrected chi connectivity index (χ0v) is 15.8. The van der Waals surface area contributed by atoms with Crippen molar-refractivity contribution in [1.82, 2.24) is 9.88 Å². The van der Waals surface area contributed by atoms with Crippen molar-refractivity contribution in [2.75, 3.05) is 13.2 Å². The molecule has 0 aliphatic rings. The van der Waals surface area contributed by atoms with E-state index in [0.29, 0.717) is 23.0 Å². The van der Waals surface area contributed by atoms with Crippen LogP contribution in [0.1, 0.15) is 22.2 Å². The van der Waals surface area contributed by atoms with Crippen LogP contribution < -0.4 is 0 Å². The van der Waals surface area contributed by atoms with Gasteiger partial charge in [0.25, 0.3) is 5.91 Å². The molecule has 2 heterocycles. The van der Waals surface area contributed by atoms with E-state index in [-0.39, 0.29) is 12.5 Å². The average molecular weight is 395 g/mol. The average Bonchev–Trinajstić information content (AvgIpc) is 3.24. The van der Waals surface area contributed by atoms with Gasteiger partial charge in [-0.3, -0.25) is 4.79 Å². The van der Waals surface area contributed by atoms with Crippen LogP contribution in [0.4, 0.5) is 0 Å². The Morgan fingerprint density at radius 2 is 2.12 bits per heavy atom. The smallest absolute Gasteiger partial charge is 0.338 e. The summed E-state index contributed by atoms with van der Waals surface area (Å²) in [4.78, 5) is 31.2. The number of fused-ring (bicyclic) bond motifs is 1. The molecule has 25 heavy (non-hydrogen) atoms. The molecule has 0 saturated carbocycles. The summed E-state index contributed by atoms with van der Waals surface area (Å²) < 4.78 is 6.76. The zero-order chi connectivity index (χ0) is 17.8. The molecule has 0 N–H and O–H groups in total. The quantitative estimate of drug-likeness (QED) is 0.587. The molecule has 1 aromatic carbocycles. The Labute approximate surface area is 157 Å². The van der Waals surface area contributed by atoms with Gasteiger partial charge < -0.3 is 9.64 Å². The number of likely N-dealkylation sites (N-methyl/N-ethyl adjacent to an activating group) is 1. The van der Waals surface area contributed by atoms with Crippen LogP contribution in [0.15, 0.2) is 35.8 Å². The molecule has 8 heteroatoms. The van der Waals surface area contributed by atoms with E-state index in [2.05, 4.69) is 4.98 Å². The number of hydrogen-bond acceptors (Lipinski definition) is 6. The maximum Gasteiger partial charge on any atom is 0.338 e. The molecule has 2 aromatic heterocycles. The monoisotopic (exact) mass is 394 g/mol. The largest absolute Gasteiger partial charge is 0.452 e. The first-order chi connectivity index (χ1) is 12.1. The van der Waals surface area contributed by atoms with E-state index in [1.807, 2.05) is 13.0 Å². The van der Waals surface area contributed by atoms with Crippen LogP contribution in [-0.2, 0) is 16.1 Å². The molecule has 1 amide bonds. The molecule has 0 saturated heterocycles. The van der Waals surface area contributed by atoms with E-state index in [9.17, 15) is 9.59 Å². The lowest BCUT2D eigenvalue weighted by Gasteiger charge is -2.19. The van der Waals surface area contributed by atoms with Crippen molar-refractivity contribution in [3.63, 3.8) is 0 Å². The first-order valence-electron chi connectivity index (χ1n) is 7.59. The summed E-state index contributed by atoms with van der Waals surface area (Å²) in [5, 5.41) is 0. The number of carbonyl (C=O) groups excluding carboxylic acids is 2. The third kappa shape index (κ3) is 4.36. The van der Waals surface area contributed by atoms with Crippen molar-refractivity contribution >= 4 is 56.4 Å². The van der Waals surface area contributed by atoms with Crippen molar-refractivity contribution in [2.45, 2.75) is 13.5 Å². The number of amides is 1. The van der Waals surface area contributed by atoms with Gasteiger partial charge in [-0.15, -0.1) is 22.7 Å². The number of esters is 1. The van der Waals surface area contributed by atoms with Crippen LogP contribution in [0.2, 0.25) is 4.34 Å². The minimum atomic E-state index is -0.515. The highest BCUT2D eigenvalue weighted by Crippen LogP contribution is 2.23. The summed E-state index contributed by atoms with van der Waals surface area (Å²) in [6.45, 7) is 2.58. The second-order valence-electron chi connectivity index (χ2n) is 5.22. The SMILES string of the molecule is CCN(Cc1ccc(Cl)s1)C(=O)COC(=O)c1ccc2ncsc2c1. The van der Waals surface area contributed by atoms with Crippen molar-refractivity contribution < 1.29 is 14.3 Å². The Kier molecular flexibility index (Phi) is 5.67. The van der Waals surface area contributed by atoms with Gasteiger partial charge in [-0.2, -0.15) is 0 Å². The van der Waals surface area contributed by atoms with E-state index in [1.165, 1.54) is 22.7 Å². The normalized spacial score (nSPS) is 10.8. The highest BCUT2D eigenvalue weighted by atomic mass is 35.5. The van der Waals surface area contributed by atoms with Crippen LogP contribution in [0.3, 0.4) is 0 Å². The Balaban J connectivity index is 1.58. The molecular weight excluding hydrogens is 380 g/mol. The summed E-state index contributed by atoms with van der Waals surface area (Å²) in [6.07, 6.45) is 0. The summed E-state index contributed by atoms with van der Waals surface area (Å²) in [7, 11) is 0. The molecule has 0 aliphatic heterocycles. The molecule has 5 nitrogen and oxygen atoms in total. The lowest BCUT2D eigenvalue weighted by Crippen LogP contribution is -2.33. The summed E-state index contributed by atoms with van der Waals surface area (Å²) in [5.41, 5.74) is 2.97. The number of rotatable bonds is 6. The minimum absolute atomic E-state index is 0.237. The molecule has 0 atom stereocenters. The summed E-state index contributed by atoms with van der Waals surface area (Å²) in [6, 6.07) is 8.84. The van der Waals surface area contributed by atoms with Gasteiger partial charge in [0.15, 0.2) is 6.61 Å². The van der Waals surface area contributed by atoms with E-state index >= 15 is 0 Å². The van der Waals surface area contributed by atoms with Crippen LogP contribution in [0.25, 0.3) is 10.2 Å². The number of hydrogen-bond donors (Lipinski definition) is 0. The molecule has 0 fully saturated rings. The number of aromatic nitrogens is 1. The lowest BCUT2D eigenvalue weighted by atomic mass is 10.2. The van der Waals surface area contributed by atoms with Crippen molar-refractivity contribution in [3.8, 4) is 0 Å². The number of benzene rings is 1. The molecular formula is C17H15ClN2O3S2. The highest BCUT2D eigenvalue weighted by molar-refractivity contribution is 7.16. The first-order valence-corrected chi connectivity index (χ1v) is 9.66. The van der Waals surface area contributed by atoms with Gasteiger partial charge in [0, 0.05) is 11.4 Å². The van der Waals surface area contributed by atoms with Gasteiger partial charge in [0.05, 0.1) is 32.2 Å². The van der Waals surface area contributed by atoms with Gasteiger partial charge in [-0.1, -0.05) is 11.6 Å². The minimum Gasteiger partial charge on any atom is -0.452 e. The van der Waals surface area contributed by atoms with Crippen LogP contribution >= 0.6 is 34.3 Å². The predicted octanol–water partition coefficient (Wildman–Crippen LogP) is 4.22. The first kappa shape index (κ1) is 17.8. The maximum absolute atomic E-state index is 12.3. The van der Waals surface area contributed by atoms with Crippen molar-refractivity contribution in [2.24, 2.45) is 0 Å². The lowest BCUT2D eigenvalue weighted by molar-refractivity contribution is -0.134. The van der Waals surface area contributed by atoms with Gasteiger partial charge >= 0.3 is 5.97 Å². The number of carbonyl (C=O) groups is 2. The standard InChI is InChI=1S/C17H15ClN2O3S2/c1-2-20(8-12-4-6-15(18)25-12)16(21)9-23-17(22)11-3-5-13-14(7-11)24-10-19-13/h3-7,10H,2,8-9H2,1H3. The van der Waals surface area contributed by atoms with Gasteiger partial charge in [0.2, 0.25) is 0 Å². The third-order valence-corrected chi connectivity index (χ3v) is 5.61. The van der Waals surface area contributed by atoms with E-state index in [4.69, 9.17) is 16.3 Å². The molecule has 0 spiro atoms. The number of halogens is 1. The molecule has 0 bridgehead atoms. The molecule has 0 unspecified atom stereocenters. The van der Waals surface area contributed by atoms with E-state index in [0.717, 1.165) is 15.1 Å². The van der Waals surface area contributed by atoms with Gasteiger partial charge in [-0.05, 0) is 37.3 Å². The summed E-state index contributed by atoms with van der Waals surface area (Å²) >= 11 is 8.79. The molecule has 3 aromatic rings. The second-order valence-corrected chi connectivity index (χ2v) is 7.91. The Bertz CT molecular complexity index is 906. The van der Waals surface area contributed by atoms with Crippen LogP contribution in [0.5, 0.6) is 0 Å². The van der Waals surface area contributed by atoms with E-state index in [1.54, 1.807) is 34.7 Å². The van der Waals surface area contributed by atoms with E-state index < -0.39 is 5.97 Å². The number of thiazole rings is 1. The fraction of sp³-hybridized carbons (Fsp3) is 0.235. The second kappa shape index (κ2) is 7.95. The Morgan fingerprint density at radius 1 is 1.28 bits per heavy atom. The van der Waals surface area contributed by atoms with Crippen molar-refractivity contribution in [1.29, 1.82) is 0 Å². The number of ether oxygens (including phenoxy) is 1. The fourth-order valence-electron chi connectivity index (χ4n) is 2.29.